The minimum absolute atomic E-state index is 0.00169. The minimum Gasteiger partial charge on any atom is -0.508 e. The molecule has 0 spiro atoms. The molecular weight excluding hydrogens is 548 g/mol. The highest BCUT2D eigenvalue weighted by molar-refractivity contribution is 6.35. The number of phenolic OH excluding ortho intramolecular Hbond substituents is 1. The third-order valence-corrected chi connectivity index (χ3v) is 8.91. The molecule has 0 amide bonds. The molecule has 3 heterocycles. The van der Waals surface area contributed by atoms with Crippen molar-refractivity contribution in [2.45, 2.75) is 37.5 Å². The first-order valence-corrected chi connectivity index (χ1v) is 14.4. The van der Waals surface area contributed by atoms with Gasteiger partial charge in [0.15, 0.2) is 11.6 Å². The van der Waals surface area contributed by atoms with E-state index in [2.05, 4.69) is 15.2 Å². The summed E-state index contributed by atoms with van der Waals surface area (Å²) in [4.78, 5) is 13.3. The van der Waals surface area contributed by atoms with E-state index in [-0.39, 0.29) is 45.9 Å². The Morgan fingerprint density at radius 2 is 1.95 bits per heavy atom. The average Bonchev–Trinajstić information content (AvgIpc) is 3.62. The number of ether oxygens (including phenoxy) is 1. The number of phenols is 1. The van der Waals surface area contributed by atoms with Crippen LogP contribution in [-0.2, 0) is 0 Å². The van der Waals surface area contributed by atoms with Crippen LogP contribution in [0.3, 0.4) is 0 Å². The van der Waals surface area contributed by atoms with Gasteiger partial charge in [-0.3, -0.25) is 5.32 Å². The zero-order valence-corrected chi connectivity index (χ0v) is 23.8. The van der Waals surface area contributed by atoms with Crippen LogP contribution in [0.15, 0.2) is 42.5 Å². The number of benzene rings is 3. The van der Waals surface area contributed by atoms with Crippen LogP contribution < -0.4 is 15.0 Å². The fraction of sp³-hybridized carbons (Fsp3) is 0.419. The maximum absolute atomic E-state index is 16.7. The number of piperazine rings is 1. The molecule has 3 aromatic carbocycles. The molecule has 2 atom stereocenters. The highest BCUT2D eigenvalue weighted by Crippen LogP contribution is 2.47. The van der Waals surface area contributed by atoms with Crippen LogP contribution in [0.5, 0.6) is 11.8 Å². The van der Waals surface area contributed by atoms with Crippen molar-refractivity contribution in [3.8, 4) is 22.9 Å². The maximum atomic E-state index is 16.7. The Kier molecular flexibility index (Phi) is 6.26. The lowest BCUT2D eigenvalue weighted by Gasteiger charge is -2.37. The van der Waals surface area contributed by atoms with Crippen molar-refractivity contribution in [3.05, 3.63) is 53.3 Å². The Hall–Kier alpha value is -3.27. The van der Waals surface area contributed by atoms with E-state index in [1.54, 1.807) is 12.1 Å². The van der Waals surface area contributed by atoms with Crippen molar-refractivity contribution in [3.63, 3.8) is 0 Å². The summed E-state index contributed by atoms with van der Waals surface area (Å²) in [6.45, 7) is 1.89. The van der Waals surface area contributed by atoms with E-state index in [1.165, 1.54) is 6.07 Å². The van der Waals surface area contributed by atoms with E-state index in [1.807, 2.05) is 43.3 Å². The van der Waals surface area contributed by atoms with Crippen LogP contribution in [0.25, 0.3) is 32.8 Å². The number of alkyl halides is 1. The Bertz CT molecular complexity index is 1680. The summed E-state index contributed by atoms with van der Waals surface area (Å²) in [6.07, 6.45) is 3.20. The van der Waals surface area contributed by atoms with Crippen molar-refractivity contribution >= 4 is 39.1 Å². The van der Waals surface area contributed by atoms with Crippen LogP contribution in [0, 0.1) is 11.2 Å². The zero-order valence-electron chi connectivity index (χ0n) is 23.1. The third kappa shape index (κ3) is 4.83. The number of halogens is 3. The monoisotopic (exact) mass is 579 g/mol. The number of anilines is 1. The molecule has 2 unspecified atom stereocenters. The largest absolute Gasteiger partial charge is 0.508 e. The number of aromatic hydroxyl groups is 1. The molecule has 7 nitrogen and oxygen atoms in total. The van der Waals surface area contributed by atoms with Crippen molar-refractivity contribution in [2.75, 3.05) is 45.2 Å². The Morgan fingerprint density at radius 1 is 1.15 bits per heavy atom. The van der Waals surface area contributed by atoms with Crippen molar-refractivity contribution in [2.24, 2.45) is 5.41 Å². The molecule has 2 N–H and O–H groups in total. The molecule has 0 radical (unpaired) electrons. The van der Waals surface area contributed by atoms with E-state index >= 15 is 8.78 Å². The van der Waals surface area contributed by atoms with Gasteiger partial charge in [0.25, 0.3) is 0 Å². The van der Waals surface area contributed by atoms with E-state index in [4.69, 9.17) is 21.3 Å². The number of aromatic nitrogens is 2. The molecule has 214 valence electrons. The van der Waals surface area contributed by atoms with E-state index in [9.17, 15) is 5.11 Å². The molecule has 41 heavy (non-hydrogen) atoms. The number of hydrogen-bond donors (Lipinski definition) is 2. The van der Waals surface area contributed by atoms with Gasteiger partial charge in [-0.15, -0.1) is 0 Å². The number of nitrogens with zero attached hydrogens (tertiary/aromatic N) is 4. The summed E-state index contributed by atoms with van der Waals surface area (Å²) >= 11 is 6.80. The van der Waals surface area contributed by atoms with Crippen LogP contribution in [0.1, 0.15) is 25.7 Å². The second-order valence-electron chi connectivity index (χ2n) is 12.2. The molecule has 1 aliphatic carbocycles. The average molecular weight is 580 g/mol. The fourth-order valence-electron chi connectivity index (χ4n) is 6.60. The molecule has 2 saturated heterocycles. The Labute approximate surface area is 242 Å². The topological polar surface area (TPSA) is 73.8 Å². The Morgan fingerprint density at radius 3 is 2.71 bits per heavy atom. The lowest BCUT2D eigenvalue weighted by molar-refractivity contribution is 0.128. The number of rotatable bonds is 7. The van der Waals surface area contributed by atoms with Crippen molar-refractivity contribution in [1.82, 2.24) is 20.2 Å². The predicted octanol–water partition coefficient (Wildman–Crippen LogP) is 5.91. The highest BCUT2D eigenvalue weighted by Gasteiger charge is 2.46. The molecule has 2 aliphatic heterocycles. The van der Waals surface area contributed by atoms with Crippen LogP contribution in [-0.4, -0.2) is 72.1 Å². The molecule has 1 saturated carbocycles. The maximum Gasteiger partial charge on any atom is 0.319 e. The number of nitrogens with one attached hydrogen (secondary N) is 1. The first kappa shape index (κ1) is 26.6. The molecule has 3 fully saturated rings. The van der Waals surface area contributed by atoms with E-state index < -0.39 is 11.6 Å². The van der Waals surface area contributed by atoms with Gasteiger partial charge in [0.2, 0.25) is 0 Å². The fourth-order valence-corrected chi connectivity index (χ4v) is 6.89. The summed E-state index contributed by atoms with van der Waals surface area (Å²) in [6, 6.07) is 12.2. The van der Waals surface area contributed by atoms with Gasteiger partial charge >= 0.3 is 6.01 Å². The van der Waals surface area contributed by atoms with Crippen molar-refractivity contribution in [1.29, 1.82) is 0 Å². The SMILES string of the molecule is CN(C)CC1(COc2nc(N3CC4CCC(F)(C3)N4)c3cc(Cl)c(-c4cc(O)cc5ccccc45)c(F)c3n2)CC1. The Balaban J connectivity index is 1.38. The summed E-state index contributed by atoms with van der Waals surface area (Å²) in [5.74, 6) is -1.76. The van der Waals surface area contributed by atoms with Crippen LogP contribution >= 0.6 is 11.6 Å². The van der Waals surface area contributed by atoms with Gasteiger partial charge in [0.05, 0.1) is 18.2 Å². The van der Waals surface area contributed by atoms with Gasteiger partial charge in [-0.1, -0.05) is 35.9 Å². The number of hydrogen-bond acceptors (Lipinski definition) is 7. The summed E-state index contributed by atoms with van der Waals surface area (Å²) in [5, 5.41) is 15.6. The highest BCUT2D eigenvalue weighted by atomic mass is 35.5. The molecule has 3 aliphatic rings. The summed E-state index contributed by atoms with van der Waals surface area (Å²) < 4.78 is 38.3. The van der Waals surface area contributed by atoms with Gasteiger partial charge < -0.3 is 19.6 Å². The summed E-state index contributed by atoms with van der Waals surface area (Å²) in [7, 11) is 4.06. The first-order chi connectivity index (χ1) is 19.6. The number of fused-ring (bicyclic) bond motifs is 4. The molecule has 7 rings (SSSR count). The lowest BCUT2D eigenvalue weighted by atomic mass is 9.96. The molecule has 10 heteroatoms. The summed E-state index contributed by atoms with van der Waals surface area (Å²) in [5.41, 5.74) is 0.658. The first-order valence-electron chi connectivity index (χ1n) is 14.0. The molecular formula is C31H32ClF2N5O2. The van der Waals surface area contributed by atoms with Gasteiger partial charge in [-0.25, -0.2) is 8.78 Å². The van der Waals surface area contributed by atoms with Crippen LogP contribution in [0.4, 0.5) is 14.6 Å². The predicted molar refractivity (Wildman–Crippen MR) is 157 cm³/mol. The third-order valence-electron chi connectivity index (χ3n) is 8.61. The zero-order chi connectivity index (χ0) is 28.5. The second-order valence-corrected chi connectivity index (χ2v) is 12.6. The normalized spacial score (nSPS) is 23.1. The minimum atomic E-state index is -1.53. The van der Waals surface area contributed by atoms with E-state index in [0.29, 0.717) is 36.3 Å². The standard InChI is InChI=1S/C31H32ClF2N5O2/c1-38(2)15-30(9-10-30)17-41-29-35-27-23(28(36-29)39-14-19-7-8-31(34,16-39)37-19)13-24(32)25(26(27)33)22-12-20(40)11-18-5-3-4-6-21(18)22/h3-6,11-13,19,37,40H,7-10,14-17H2,1-2H3. The molecule has 1 aromatic heterocycles. The second kappa shape index (κ2) is 9.64. The smallest absolute Gasteiger partial charge is 0.319 e. The van der Waals surface area contributed by atoms with Gasteiger partial charge in [-0.05, 0) is 74.3 Å². The molecule has 2 bridgehead atoms. The van der Waals surface area contributed by atoms with Gasteiger partial charge in [0.1, 0.15) is 17.1 Å². The van der Waals surface area contributed by atoms with Crippen molar-refractivity contribution < 1.29 is 18.6 Å². The van der Waals surface area contributed by atoms with Gasteiger partial charge in [-0.2, -0.15) is 9.97 Å². The lowest BCUT2D eigenvalue weighted by Crippen LogP contribution is -2.57. The van der Waals surface area contributed by atoms with E-state index in [0.717, 1.165) is 36.6 Å². The molecule has 4 aromatic rings. The van der Waals surface area contributed by atoms with Crippen LogP contribution in [0.2, 0.25) is 5.02 Å². The van der Waals surface area contributed by atoms with Gasteiger partial charge in [0, 0.05) is 35.5 Å². The quantitative estimate of drug-likeness (QED) is 0.264.